The molecule has 0 atom stereocenters. The van der Waals surface area contributed by atoms with Gasteiger partial charge in [0.2, 0.25) is 0 Å². The van der Waals surface area contributed by atoms with E-state index >= 15 is 0 Å². The maximum atomic E-state index is 6.19. The molecule has 0 spiro atoms. The number of hydrogen-bond acceptors (Lipinski definition) is 5. The highest BCUT2D eigenvalue weighted by atomic mass is 35.5. The Kier molecular flexibility index (Phi) is 4.73. The predicted molar refractivity (Wildman–Crippen MR) is 83.9 cm³/mol. The van der Waals surface area contributed by atoms with Gasteiger partial charge in [0.1, 0.15) is 0 Å². The first-order valence-electron chi connectivity index (χ1n) is 6.43. The zero-order chi connectivity index (χ0) is 13.3. The van der Waals surface area contributed by atoms with Gasteiger partial charge in [-0.1, -0.05) is 17.3 Å². The minimum absolute atomic E-state index is 0. The number of nitrogens with two attached hydrogens (primary N) is 1. The van der Waals surface area contributed by atoms with Crippen LogP contribution in [0.15, 0.2) is 28.8 Å². The van der Waals surface area contributed by atoms with Gasteiger partial charge in [0.25, 0.3) is 5.89 Å². The molecule has 0 radical (unpaired) electrons. The number of benzene rings is 1. The number of thioether (sulfide) groups is 1. The normalized spacial score (nSPS) is 16.3. The van der Waals surface area contributed by atoms with Crippen LogP contribution in [0.1, 0.15) is 30.7 Å². The third-order valence-corrected chi connectivity index (χ3v) is 4.25. The second kappa shape index (κ2) is 6.16. The van der Waals surface area contributed by atoms with Crippen LogP contribution >= 0.6 is 24.2 Å². The minimum Gasteiger partial charge on any atom is -0.334 e. The molecule has 2 N–H and O–H groups in total. The molecule has 1 fully saturated rings. The molecule has 20 heavy (non-hydrogen) atoms. The zero-order valence-electron chi connectivity index (χ0n) is 11.3. The maximum Gasteiger partial charge on any atom is 0.257 e. The lowest BCUT2D eigenvalue weighted by Gasteiger charge is -2.34. The van der Waals surface area contributed by atoms with Crippen molar-refractivity contribution in [2.24, 2.45) is 5.73 Å². The van der Waals surface area contributed by atoms with Crippen molar-refractivity contribution in [2.75, 3.05) is 6.26 Å². The van der Waals surface area contributed by atoms with E-state index in [1.807, 2.05) is 12.1 Å². The Balaban J connectivity index is 0.00000147. The Hall–Kier alpha value is -1.04. The summed E-state index contributed by atoms with van der Waals surface area (Å²) in [6.07, 6.45) is 5.12. The van der Waals surface area contributed by atoms with Gasteiger partial charge in [-0.25, -0.2) is 0 Å². The van der Waals surface area contributed by atoms with Crippen LogP contribution < -0.4 is 5.73 Å². The van der Waals surface area contributed by atoms with Gasteiger partial charge < -0.3 is 10.3 Å². The molecule has 2 aromatic rings. The van der Waals surface area contributed by atoms with E-state index in [1.54, 1.807) is 11.8 Å². The maximum absolute atomic E-state index is 6.19. The molecule has 1 aliphatic rings. The van der Waals surface area contributed by atoms with E-state index in [9.17, 15) is 0 Å². The van der Waals surface area contributed by atoms with Gasteiger partial charge in [-0.15, -0.1) is 12.4 Å². The smallest absolute Gasteiger partial charge is 0.257 e. The van der Waals surface area contributed by atoms with Gasteiger partial charge in [0, 0.05) is 11.3 Å². The van der Waals surface area contributed by atoms with Crippen LogP contribution in [-0.4, -0.2) is 16.4 Å². The van der Waals surface area contributed by atoms with E-state index in [2.05, 4.69) is 28.5 Å². The Morgan fingerprint density at radius 2 is 2.00 bits per heavy atom. The molecule has 1 saturated carbocycles. The van der Waals surface area contributed by atoms with Crippen molar-refractivity contribution >= 4 is 24.2 Å². The molecule has 1 heterocycles. The molecule has 1 aliphatic carbocycles. The van der Waals surface area contributed by atoms with Crippen molar-refractivity contribution in [1.82, 2.24) is 10.1 Å². The molecule has 0 unspecified atom stereocenters. The molecular weight excluding hydrogens is 294 g/mol. The van der Waals surface area contributed by atoms with Crippen LogP contribution in [0.25, 0.3) is 11.5 Å². The molecular formula is C14H18ClN3OS. The van der Waals surface area contributed by atoms with Crippen LogP contribution in [-0.2, 0) is 11.3 Å². The molecule has 4 nitrogen and oxygen atoms in total. The van der Waals surface area contributed by atoms with Crippen molar-refractivity contribution in [2.45, 2.75) is 30.6 Å². The molecule has 108 valence electrons. The third kappa shape index (κ3) is 2.85. The van der Waals surface area contributed by atoms with Crippen LogP contribution in [0.4, 0.5) is 0 Å². The largest absolute Gasteiger partial charge is 0.334 e. The summed E-state index contributed by atoms with van der Waals surface area (Å²) < 4.78 is 5.33. The number of aromatic nitrogens is 2. The van der Waals surface area contributed by atoms with E-state index in [4.69, 9.17) is 10.3 Å². The van der Waals surface area contributed by atoms with E-state index in [0.717, 1.165) is 30.6 Å². The number of nitrogens with zero attached hydrogens (tertiary/aromatic N) is 2. The lowest BCUT2D eigenvalue weighted by Crippen LogP contribution is -2.44. The second-order valence-corrected chi connectivity index (χ2v) is 5.93. The molecule has 6 heteroatoms. The monoisotopic (exact) mass is 311 g/mol. The lowest BCUT2D eigenvalue weighted by molar-refractivity contribution is 0.229. The summed E-state index contributed by atoms with van der Waals surface area (Å²) in [7, 11) is 0. The first kappa shape index (κ1) is 15.4. The van der Waals surface area contributed by atoms with Crippen molar-refractivity contribution in [3.05, 3.63) is 35.7 Å². The van der Waals surface area contributed by atoms with E-state index in [1.165, 1.54) is 5.56 Å². The first-order chi connectivity index (χ1) is 9.21. The highest BCUT2D eigenvalue weighted by Crippen LogP contribution is 2.37. The quantitative estimate of drug-likeness (QED) is 0.938. The lowest BCUT2D eigenvalue weighted by atomic mass is 9.77. The molecule has 1 aromatic carbocycles. The molecule has 0 saturated heterocycles. The SMILES string of the molecule is CSCc1ccc(-c2nc(C3(N)CCC3)no2)cc1.Cl. The molecule has 1 aromatic heterocycles. The molecule has 3 rings (SSSR count). The van der Waals surface area contributed by atoms with Crippen LogP contribution in [0.5, 0.6) is 0 Å². The van der Waals surface area contributed by atoms with Crippen molar-refractivity contribution in [1.29, 1.82) is 0 Å². The topological polar surface area (TPSA) is 64.9 Å². The van der Waals surface area contributed by atoms with E-state index in [-0.39, 0.29) is 17.9 Å². The summed E-state index contributed by atoms with van der Waals surface area (Å²) in [4.78, 5) is 4.44. The zero-order valence-corrected chi connectivity index (χ0v) is 13.0. The van der Waals surface area contributed by atoms with E-state index in [0.29, 0.717) is 11.7 Å². The van der Waals surface area contributed by atoms with Gasteiger partial charge in [0.15, 0.2) is 5.82 Å². The number of halogens is 1. The van der Waals surface area contributed by atoms with Crippen molar-refractivity contribution in [3.8, 4) is 11.5 Å². The predicted octanol–water partition coefficient (Wildman–Crippen LogP) is 3.36. The Bertz CT molecular complexity index is 566. The van der Waals surface area contributed by atoms with Crippen molar-refractivity contribution < 1.29 is 4.52 Å². The average molecular weight is 312 g/mol. The second-order valence-electron chi connectivity index (χ2n) is 5.06. The standard InChI is InChI=1S/C14H17N3OS.ClH/c1-19-9-10-3-5-11(6-4-10)12-16-13(17-18-12)14(15)7-2-8-14;/h3-6H,2,7-9,15H2,1H3;1H. The Morgan fingerprint density at radius 1 is 1.30 bits per heavy atom. The van der Waals surface area contributed by atoms with Crippen molar-refractivity contribution in [3.63, 3.8) is 0 Å². The van der Waals surface area contributed by atoms with Crippen LogP contribution in [0.3, 0.4) is 0 Å². The van der Waals surface area contributed by atoms with Crippen LogP contribution in [0, 0.1) is 0 Å². The summed E-state index contributed by atoms with van der Waals surface area (Å²) in [5.41, 5.74) is 8.08. The van der Waals surface area contributed by atoms with Gasteiger partial charge in [-0.05, 0) is 43.2 Å². The third-order valence-electron chi connectivity index (χ3n) is 3.63. The van der Waals surface area contributed by atoms with Gasteiger partial charge in [-0.3, -0.25) is 0 Å². The minimum atomic E-state index is -0.361. The fourth-order valence-electron chi connectivity index (χ4n) is 2.23. The number of rotatable bonds is 4. The van der Waals surface area contributed by atoms with Gasteiger partial charge >= 0.3 is 0 Å². The van der Waals surface area contributed by atoms with Crippen LogP contribution in [0.2, 0.25) is 0 Å². The summed E-state index contributed by atoms with van der Waals surface area (Å²) in [5.74, 6) is 2.21. The molecule has 0 bridgehead atoms. The number of hydrogen-bond donors (Lipinski definition) is 1. The summed E-state index contributed by atoms with van der Waals surface area (Å²) in [5, 5.41) is 4.03. The fourth-order valence-corrected chi connectivity index (χ4v) is 2.76. The average Bonchev–Trinajstić information content (AvgIpc) is 2.87. The van der Waals surface area contributed by atoms with Gasteiger partial charge in [-0.2, -0.15) is 16.7 Å². The molecule has 0 amide bonds. The first-order valence-corrected chi connectivity index (χ1v) is 7.82. The van der Waals surface area contributed by atoms with E-state index < -0.39 is 0 Å². The summed E-state index contributed by atoms with van der Waals surface area (Å²) in [6.45, 7) is 0. The highest BCUT2D eigenvalue weighted by Gasteiger charge is 2.39. The highest BCUT2D eigenvalue weighted by molar-refractivity contribution is 7.97. The Labute approximate surface area is 128 Å². The fraction of sp³-hybridized carbons (Fsp3) is 0.429. The Morgan fingerprint density at radius 3 is 2.55 bits per heavy atom. The molecule has 0 aliphatic heterocycles. The summed E-state index contributed by atoms with van der Waals surface area (Å²) in [6, 6.07) is 8.23. The summed E-state index contributed by atoms with van der Waals surface area (Å²) >= 11 is 1.81. The van der Waals surface area contributed by atoms with Gasteiger partial charge in [0.05, 0.1) is 5.54 Å².